The van der Waals surface area contributed by atoms with Crippen molar-refractivity contribution in [3.8, 4) is 0 Å². The normalized spacial score (nSPS) is 22.6. The van der Waals surface area contributed by atoms with Gasteiger partial charge in [-0.25, -0.2) is 13.1 Å². The van der Waals surface area contributed by atoms with Gasteiger partial charge in [0.2, 0.25) is 10.0 Å². The molecule has 21 heavy (non-hydrogen) atoms. The van der Waals surface area contributed by atoms with Gasteiger partial charge in [-0.05, 0) is 41.9 Å². The molecular weight excluding hydrogens is 284 g/mol. The van der Waals surface area contributed by atoms with Crippen LogP contribution in [-0.4, -0.2) is 15.0 Å². The molecule has 0 saturated heterocycles. The van der Waals surface area contributed by atoms with Gasteiger partial charge in [-0.15, -0.1) is 0 Å². The van der Waals surface area contributed by atoms with Crippen LogP contribution in [0.25, 0.3) is 0 Å². The van der Waals surface area contributed by atoms with Crippen LogP contribution >= 0.6 is 0 Å². The van der Waals surface area contributed by atoms with E-state index in [0.29, 0.717) is 36.2 Å². The zero-order valence-electron chi connectivity index (χ0n) is 12.9. The van der Waals surface area contributed by atoms with E-state index in [1.54, 1.807) is 6.07 Å². The summed E-state index contributed by atoms with van der Waals surface area (Å²) in [6, 6.07) is 5.48. The van der Waals surface area contributed by atoms with Crippen molar-refractivity contribution in [2.24, 2.45) is 17.6 Å². The maximum absolute atomic E-state index is 12.6. The molecule has 2 rings (SSSR count). The summed E-state index contributed by atoms with van der Waals surface area (Å²) in [5.74, 6) is 1.07. The molecule has 0 bridgehead atoms. The van der Waals surface area contributed by atoms with Crippen LogP contribution in [0.5, 0.6) is 0 Å². The minimum atomic E-state index is -3.45. The van der Waals surface area contributed by atoms with Gasteiger partial charge in [-0.1, -0.05) is 38.8 Å². The van der Waals surface area contributed by atoms with Crippen LogP contribution in [0.3, 0.4) is 0 Å². The molecule has 0 heterocycles. The fourth-order valence-electron chi connectivity index (χ4n) is 3.09. The van der Waals surface area contributed by atoms with Gasteiger partial charge in [0.05, 0.1) is 4.90 Å². The zero-order chi connectivity index (χ0) is 15.5. The number of benzene rings is 1. The molecule has 2 atom stereocenters. The second-order valence-corrected chi connectivity index (χ2v) is 7.76. The summed E-state index contributed by atoms with van der Waals surface area (Å²) < 4.78 is 28.0. The minimum Gasteiger partial charge on any atom is -0.326 e. The van der Waals surface area contributed by atoms with E-state index in [1.165, 1.54) is 12.8 Å². The predicted octanol–water partition coefficient (Wildman–Crippen LogP) is 2.42. The van der Waals surface area contributed by atoms with Gasteiger partial charge in [-0.2, -0.15) is 0 Å². The summed E-state index contributed by atoms with van der Waals surface area (Å²) in [6.07, 6.45) is 4.22. The lowest BCUT2D eigenvalue weighted by atomic mass is 9.99. The van der Waals surface area contributed by atoms with E-state index >= 15 is 0 Å². The predicted molar refractivity (Wildman–Crippen MR) is 85.4 cm³/mol. The lowest BCUT2D eigenvalue weighted by molar-refractivity contribution is 0.414. The monoisotopic (exact) mass is 310 g/mol. The number of nitrogens with two attached hydrogens (primary N) is 1. The molecule has 0 aliphatic heterocycles. The number of hydrogen-bond acceptors (Lipinski definition) is 3. The number of nitrogens with one attached hydrogen (secondary N) is 1. The maximum Gasteiger partial charge on any atom is 0.240 e. The first-order chi connectivity index (χ1) is 9.97. The Balaban J connectivity index is 2.18. The van der Waals surface area contributed by atoms with Gasteiger partial charge in [-0.3, -0.25) is 0 Å². The first kappa shape index (κ1) is 16.5. The lowest BCUT2D eigenvalue weighted by Gasteiger charge is -2.17. The van der Waals surface area contributed by atoms with Crippen molar-refractivity contribution < 1.29 is 8.42 Å². The van der Waals surface area contributed by atoms with E-state index in [4.69, 9.17) is 5.73 Å². The number of aryl methyl sites for hydroxylation is 1. The zero-order valence-corrected chi connectivity index (χ0v) is 13.7. The van der Waals surface area contributed by atoms with Gasteiger partial charge in [0.1, 0.15) is 0 Å². The van der Waals surface area contributed by atoms with Crippen LogP contribution in [-0.2, 0) is 23.0 Å². The Morgan fingerprint density at radius 2 is 2.10 bits per heavy atom. The Bertz CT molecular complexity index is 584. The van der Waals surface area contributed by atoms with Gasteiger partial charge in [0.25, 0.3) is 0 Å². The Morgan fingerprint density at radius 3 is 2.67 bits per heavy atom. The third kappa shape index (κ3) is 3.84. The van der Waals surface area contributed by atoms with Crippen molar-refractivity contribution in [1.82, 2.24) is 4.72 Å². The van der Waals surface area contributed by atoms with Crippen molar-refractivity contribution >= 4 is 10.0 Å². The molecule has 1 aliphatic carbocycles. The molecule has 0 aromatic heterocycles. The average Bonchev–Trinajstić information content (AvgIpc) is 2.90. The Labute approximate surface area is 128 Å². The maximum atomic E-state index is 12.6. The van der Waals surface area contributed by atoms with Crippen molar-refractivity contribution in [2.45, 2.75) is 51.0 Å². The summed E-state index contributed by atoms with van der Waals surface area (Å²) in [6.45, 7) is 5.07. The summed E-state index contributed by atoms with van der Waals surface area (Å²) >= 11 is 0. The Hall–Kier alpha value is -0.910. The SMILES string of the molecule is CCc1ccc(CN)cc1S(=O)(=O)NCC1CCCC1C. The third-order valence-corrected chi connectivity index (χ3v) is 6.12. The highest BCUT2D eigenvalue weighted by Gasteiger charge is 2.26. The topological polar surface area (TPSA) is 72.2 Å². The van der Waals surface area contributed by atoms with Crippen LogP contribution in [0, 0.1) is 11.8 Å². The Kier molecular flexibility index (Phi) is 5.41. The minimum absolute atomic E-state index is 0.353. The van der Waals surface area contributed by atoms with Crippen LogP contribution in [0.15, 0.2) is 23.1 Å². The van der Waals surface area contributed by atoms with Gasteiger partial charge < -0.3 is 5.73 Å². The van der Waals surface area contributed by atoms with Crippen molar-refractivity contribution in [2.75, 3.05) is 6.54 Å². The molecule has 0 radical (unpaired) electrons. The standard InChI is InChI=1S/C16H26N2O2S/c1-3-14-8-7-13(10-17)9-16(14)21(19,20)18-11-15-6-4-5-12(15)2/h7-9,12,15,18H,3-6,10-11,17H2,1-2H3. The van der Waals surface area contributed by atoms with Crippen LogP contribution in [0.4, 0.5) is 0 Å². The fourth-order valence-corrected chi connectivity index (χ4v) is 4.54. The highest BCUT2D eigenvalue weighted by atomic mass is 32.2. The number of hydrogen-bond donors (Lipinski definition) is 2. The molecule has 1 aromatic carbocycles. The smallest absolute Gasteiger partial charge is 0.240 e. The number of rotatable bonds is 6. The van der Waals surface area contributed by atoms with Gasteiger partial charge in [0.15, 0.2) is 0 Å². The summed E-state index contributed by atoms with van der Waals surface area (Å²) in [4.78, 5) is 0.388. The highest BCUT2D eigenvalue weighted by molar-refractivity contribution is 7.89. The van der Waals surface area contributed by atoms with E-state index in [1.807, 2.05) is 19.1 Å². The molecule has 5 heteroatoms. The van der Waals surface area contributed by atoms with Crippen LogP contribution in [0.1, 0.15) is 44.2 Å². The molecular formula is C16H26N2O2S. The fraction of sp³-hybridized carbons (Fsp3) is 0.625. The van der Waals surface area contributed by atoms with Gasteiger partial charge >= 0.3 is 0 Å². The third-order valence-electron chi connectivity index (χ3n) is 4.61. The molecule has 1 aromatic rings. The summed E-state index contributed by atoms with van der Waals surface area (Å²) in [5, 5.41) is 0. The second kappa shape index (κ2) is 6.90. The molecule has 2 unspecified atom stereocenters. The largest absolute Gasteiger partial charge is 0.326 e. The van der Waals surface area contributed by atoms with E-state index in [0.717, 1.165) is 17.5 Å². The molecule has 3 N–H and O–H groups in total. The molecule has 1 aliphatic rings. The van der Waals surface area contributed by atoms with Crippen LogP contribution < -0.4 is 10.5 Å². The lowest BCUT2D eigenvalue weighted by Crippen LogP contribution is -2.31. The van der Waals surface area contributed by atoms with Crippen molar-refractivity contribution in [1.29, 1.82) is 0 Å². The van der Waals surface area contributed by atoms with E-state index < -0.39 is 10.0 Å². The average molecular weight is 310 g/mol. The summed E-state index contributed by atoms with van der Waals surface area (Å²) in [5.41, 5.74) is 7.33. The van der Waals surface area contributed by atoms with E-state index in [9.17, 15) is 8.42 Å². The first-order valence-corrected chi connectivity index (χ1v) is 9.27. The van der Waals surface area contributed by atoms with E-state index in [-0.39, 0.29) is 0 Å². The quantitative estimate of drug-likeness (QED) is 0.847. The van der Waals surface area contributed by atoms with Crippen molar-refractivity contribution in [3.05, 3.63) is 29.3 Å². The Morgan fingerprint density at radius 1 is 1.33 bits per heavy atom. The molecule has 4 nitrogen and oxygen atoms in total. The van der Waals surface area contributed by atoms with Gasteiger partial charge in [0, 0.05) is 13.1 Å². The molecule has 0 spiro atoms. The first-order valence-electron chi connectivity index (χ1n) is 7.79. The molecule has 1 saturated carbocycles. The highest BCUT2D eigenvalue weighted by Crippen LogP contribution is 2.31. The second-order valence-electron chi connectivity index (χ2n) is 6.02. The van der Waals surface area contributed by atoms with E-state index in [2.05, 4.69) is 11.6 Å². The number of sulfonamides is 1. The summed E-state index contributed by atoms with van der Waals surface area (Å²) in [7, 11) is -3.45. The molecule has 1 fully saturated rings. The van der Waals surface area contributed by atoms with Crippen LogP contribution in [0.2, 0.25) is 0 Å². The molecule has 118 valence electrons. The molecule has 0 amide bonds. The van der Waals surface area contributed by atoms with Crippen molar-refractivity contribution in [3.63, 3.8) is 0 Å².